The minimum Gasteiger partial charge on any atom is -0.394 e. The summed E-state index contributed by atoms with van der Waals surface area (Å²) in [7, 11) is 1.89. The third-order valence-corrected chi connectivity index (χ3v) is 4.00. The Kier molecular flexibility index (Phi) is 6.34. The minimum absolute atomic E-state index is 0.0520. The second-order valence-electron chi connectivity index (χ2n) is 6.04. The number of aliphatic hydroxyl groups excluding tert-OH is 1. The van der Waals surface area contributed by atoms with Crippen molar-refractivity contribution in [2.75, 3.05) is 25.5 Å². The number of aryl methyl sites for hydroxylation is 1. The lowest BCUT2D eigenvalue weighted by atomic mass is 10.2. The molecule has 6 nitrogen and oxygen atoms in total. The number of nitrogens with one attached hydrogen (secondary N) is 1. The zero-order valence-electron chi connectivity index (χ0n) is 14.9. The molecule has 0 bridgehead atoms. The third kappa shape index (κ3) is 4.92. The fourth-order valence-corrected chi connectivity index (χ4v) is 2.73. The van der Waals surface area contributed by atoms with Gasteiger partial charge in [-0.3, -0.25) is 14.4 Å². The molecule has 0 unspecified atom stereocenters. The van der Waals surface area contributed by atoms with E-state index < -0.39 is 0 Å². The quantitative estimate of drug-likeness (QED) is 0.750. The number of terminal acetylenes is 1. The molecule has 0 aliphatic carbocycles. The molecule has 1 heterocycles. The zero-order valence-corrected chi connectivity index (χ0v) is 14.9. The molecule has 2 aromatic rings. The van der Waals surface area contributed by atoms with Crippen molar-refractivity contribution in [1.29, 1.82) is 0 Å². The van der Waals surface area contributed by atoms with Crippen molar-refractivity contribution in [2.24, 2.45) is 0 Å². The Morgan fingerprint density at radius 2 is 2.20 bits per heavy atom. The number of anilines is 1. The Balaban J connectivity index is 1.97. The van der Waals surface area contributed by atoms with Crippen LogP contribution in [0.5, 0.6) is 0 Å². The van der Waals surface area contributed by atoms with Gasteiger partial charge in [0.25, 0.3) is 0 Å². The van der Waals surface area contributed by atoms with Crippen LogP contribution in [0.4, 0.5) is 5.69 Å². The molecule has 6 heteroatoms. The Bertz CT molecular complexity index is 789. The maximum absolute atomic E-state index is 12.2. The number of amides is 1. The summed E-state index contributed by atoms with van der Waals surface area (Å²) in [5, 5.41) is 16.4. The summed E-state index contributed by atoms with van der Waals surface area (Å²) in [6.45, 7) is 5.31. The van der Waals surface area contributed by atoms with Crippen LogP contribution in [-0.4, -0.2) is 45.9 Å². The van der Waals surface area contributed by atoms with E-state index in [1.807, 2.05) is 44.0 Å². The van der Waals surface area contributed by atoms with E-state index in [1.165, 1.54) is 0 Å². The highest BCUT2D eigenvalue weighted by molar-refractivity contribution is 5.92. The van der Waals surface area contributed by atoms with Crippen molar-refractivity contribution in [2.45, 2.75) is 26.9 Å². The maximum Gasteiger partial charge on any atom is 0.238 e. The second-order valence-corrected chi connectivity index (χ2v) is 6.04. The molecule has 2 N–H and O–H groups in total. The highest BCUT2D eigenvalue weighted by atomic mass is 16.3. The Hall–Kier alpha value is -2.62. The summed E-state index contributed by atoms with van der Waals surface area (Å²) in [5.41, 5.74) is 4.43. The Morgan fingerprint density at radius 1 is 1.44 bits per heavy atom. The van der Waals surface area contributed by atoms with Crippen LogP contribution in [-0.2, 0) is 17.9 Å². The van der Waals surface area contributed by atoms with Gasteiger partial charge in [0.2, 0.25) is 5.91 Å². The number of nitrogens with zero attached hydrogens (tertiary/aromatic N) is 3. The molecular weight excluding hydrogens is 316 g/mol. The highest BCUT2D eigenvalue weighted by Crippen LogP contribution is 2.15. The first-order valence-corrected chi connectivity index (χ1v) is 8.13. The monoisotopic (exact) mass is 340 g/mol. The summed E-state index contributed by atoms with van der Waals surface area (Å²) < 4.78 is 1.80. The van der Waals surface area contributed by atoms with Crippen LogP contribution in [0.2, 0.25) is 0 Å². The van der Waals surface area contributed by atoms with E-state index in [9.17, 15) is 4.79 Å². The number of likely N-dealkylation sites (N-methyl/N-ethyl adjacent to an activating group) is 1. The summed E-state index contributed by atoms with van der Waals surface area (Å²) in [6.07, 6.45) is 5.37. The lowest BCUT2D eigenvalue weighted by Crippen LogP contribution is -2.30. The van der Waals surface area contributed by atoms with Gasteiger partial charge in [0.05, 0.1) is 25.4 Å². The SMILES string of the molecule is C#Cc1cccc(NC(=O)CN(C)Cc2c(C)nn(CCO)c2C)c1. The van der Waals surface area contributed by atoms with Crippen LogP contribution in [0.3, 0.4) is 0 Å². The number of rotatable bonds is 7. The van der Waals surface area contributed by atoms with Gasteiger partial charge in [0, 0.05) is 29.1 Å². The van der Waals surface area contributed by atoms with Gasteiger partial charge in [-0.1, -0.05) is 12.0 Å². The van der Waals surface area contributed by atoms with Gasteiger partial charge in [0.15, 0.2) is 0 Å². The highest BCUT2D eigenvalue weighted by Gasteiger charge is 2.15. The fourth-order valence-electron chi connectivity index (χ4n) is 2.73. The van der Waals surface area contributed by atoms with E-state index in [1.54, 1.807) is 10.7 Å². The number of hydrogen-bond donors (Lipinski definition) is 2. The van der Waals surface area contributed by atoms with Crippen LogP contribution < -0.4 is 5.32 Å². The van der Waals surface area contributed by atoms with Crippen LogP contribution in [0.1, 0.15) is 22.5 Å². The van der Waals surface area contributed by atoms with Crippen molar-refractivity contribution in [3.8, 4) is 12.3 Å². The topological polar surface area (TPSA) is 70.4 Å². The van der Waals surface area contributed by atoms with Gasteiger partial charge in [-0.05, 0) is 39.1 Å². The van der Waals surface area contributed by atoms with E-state index in [4.69, 9.17) is 11.5 Å². The van der Waals surface area contributed by atoms with Crippen molar-refractivity contribution < 1.29 is 9.90 Å². The average molecular weight is 340 g/mol. The first kappa shape index (κ1) is 18.7. The molecule has 1 aromatic carbocycles. The molecule has 2 rings (SSSR count). The van der Waals surface area contributed by atoms with E-state index in [0.29, 0.717) is 18.8 Å². The lowest BCUT2D eigenvalue weighted by Gasteiger charge is -2.17. The molecule has 0 saturated carbocycles. The summed E-state index contributed by atoms with van der Waals surface area (Å²) in [6, 6.07) is 7.21. The first-order valence-electron chi connectivity index (χ1n) is 8.13. The molecule has 1 aromatic heterocycles. The zero-order chi connectivity index (χ0) is 18.4. The second kappa shape index (κ2) is 8.47. The molecular formula is C19H24N4O2. The maximum atomic E-state index is 12.2. The Morgan fingerprint density at radius 3 is 2.88 bits per heavy atom. The van der Waals surface area contributed by atoms with Crippen LogP contribution >= 0.6 is 0 Å². The number of carbonyl (C=O) groups is 1. The van der Waals surface area contributed by atoms with Gasteiger partial charge in [-0.2, -0.15) is 5.10 Å². The normalized spacial score (nSPS) is 10.7. The number of aliphatic hydroxyl groups is 1. The summed E-state index contributed by atoms with van der Waals surface area (Å²) >= 11 is 0. The van der Waals surface area contributed by atoms with E-state index in [2.05, 4.69) is 16.3 Å². The van der Waals surface area contributed by atoms with E-state index in [-0.39, 0.29) is 19.1 Å². The number of aromatic nitrogens is 2. The van der Waals surface area contributed by atoms with Gasteiger partial charge >= 0.3 is 0 Å². The van der Waals surface area contributed by atoms with Gasteiger partial charge in [-0.15, -0.1) is 6.42 Å². The van der Waals surface area contributed by atoms with Crippen molar-refractivity contribution >= 4 is 11.6 Å². The fraction of sp³-hybridized carbons (Fsp3) is 0.368. The molecule has 0 radical (unpaired) electrons. The van der Waals surface area contributed by atoms with Gasteiger partial charge in [-0.25, -0.2) is 0 Å². The number of carbonyl (C=O) groups excluding carboxylic acids is 1. The minimum atomic E-state index is -0.102. The number of benzene rings is 1. The molecule has 0 aliphatic heterocycles. The van der Waals surface area contributed by atoms with E-state index in [0.717, 1.165) is 22.5 Å². The molecule has 1 amide bonds. The summed E-state index contributed by atoms with van der Waals surface area (Å²) in [5.74, 6) is 2.45. The lowest BCUT2D eigenvalue weighted by molar-refractivity contribution is -0.117. The average Bonchev–Trinajstić information content (AvgIpc) is 2.82. The van der Waals surface area contributed by atoms with Gasteiger partial charge in [0.1, 0.15) is 0 Å². The predicted octanol–water partition coefficient (Wildman–Crippen LogP) is 1.54. The van der Waals surface area contributed by atoms with Crippen LogP contribution in [0.15, 0.2) is 24.3 Å². The molecule has 132 valence electrons. The van der Waals surface area contributed by atoms with Crippen molar-refractivity contribution in [3.05, 3.63) is 46.8 Å². The van der Waals surface area contributed by atoms with E-state index >= 15 is 0 Å². The van der Waals surface area contributed by atoms with Gasteiger partial charge < -0.3 is 10.4 Å². The molecule has 0 spiro atoms. The molecule has 0 saturated heterocycles. The largest absolute Gasteiger partial charge is 0.394 e. The molecule has 0 atom stereocenters. The summed E-state index contributed by atoms with van der Waals surface area (Å²) in [4.78, 5) is 14.2. The third-order valence-electron chi connectivity index (χ3n) is 4.00. The molecule has 0 fully saturated rings. The Labute approximate surface area is 148 Å². The molecule has 25 heavy (non-hydrogen) atoms. The van der Waals surface area contributed by atoms with Crippen LogP contribution in [0.25, 0.3) is 0 Å². The van der Waals surface area contributed by atoms with Crippen molar-refractivity contribution in [1.82, 2.24) is 14.7 Å². The predicted molar refractivity (Wildman–Crippen MR) is 98.1 cm³/mol. The first-order chi connectivity index (χ1) is 11.9. The molecule has 0 aliphatic rings. The number of hydrogen-bond acceptors (Lipinski definition) is 4. The van der Waals surface area contributed by atoms with Crippen LogP contribution in [0, 0.1) is 26.2 Å². The standard InChI is InChI=1S/C19H24N4O2/c1-5-16-7-6-8-17(11-16)20-19(25)13-22(4)12-18-14(2)21-23(9-10-24)15(18)3/h1,6-8,11,24H,9-10,12-13H2,2-4H3,(H,20,25). The van der Waals surface area contributed by atoms with Crippen molar-refractivity contribution in [3.63, 3.8) is 0 Å². The smallest absolute Gasteiger partial charge is 0.238 e.